The molecule has 3 aliphatic rings. The molecule has 2 heterocycles. The summed E-state index contributed by atoms with van der Waals surface area (Å²) in [5.74, 6) is 0.974. The predicted octanol–water partition coefficient (Wildman–Crippen LogP) is 0.129. The van der Waals surface area contributed by atoms with Crippen molar-refractivity contribution in [1.29, 1.82) is 0 Å². The van der Waals surface area contributed by atoms with Crippen LogP contribution in [0.5, 0.6) is 0 Å². The molecule has 0 radical (unpaired) electrons. The van der Waals surface area contributed by atoms with Crippen LogP contribution in [0.1, 0.15) is 19.3 Å². The monoisotopic (exact) mass is 305 g/mol. The molecule has 1 saturated heterocycles. The van der Waals surface area contributed by atoms with Crippen LogP contribution in [0.25, 0.3) is 0 Å². The maximum absolute atomic E-state index is 11.8. The zero-order valence-corrected chi connectivity index (χ0v) is 13.7. The summed E-state index contributed by atoms with van der Waals surface area (Å²) >= 11 is 0. The van der Waals surface area contributed by atoms with Gasteiger partial charge in [-0.05, 0) is 19.3 Å². The summed E-state index contributed by atoms with van der Waals surface area (Å²) < 4.78 is 0. The molecule has 3 rings (SSSR count). The molecule has 6 nitrogen and oxygen atoms in total. The molecule has 0 aromatic heterocycles. The Hall–Kier alpha value is -1.56. The Morgan fingerprint density at radius 1 is 1.27 bits per heavy atom. The van der Waals surface area contributed by atoms with Crippen LogP contribution in [0, 0.1) is 0 Å². The van der Waals surface area contributed by atoms with E-state index in [2.05, 4.69) is 32.3 Å². The first-order valence-electron chi connectivity index (χ1n) is 8.28. The Labute approximate surface area is 132 Å². The lowest BCUT2D eigenvalue weighted by molar-refractivity contribution is -0.127. The minimum absolute atomic E-state index is 0.0505. The van der Waals surface area contributed by atoms with Gasteiger partial charge in [-0.25, -0.2) is 4.99 Å². The molecule has 1 amide bonds. The lowest BCUT2D eigenvalue weighted by Gasteiger charge is -2.25. The van der Waals surface area contributed by atoms with Crippen LogP contribution in [-0.4, -0.2) is 85.5 Å². The third kappa shape index (κ3) is 3.80. The first-order valence-corrected chi connectivity index (χ1v) is 8.28. The molecule has 1 atom stereocenters. The largest absolute Gasteiger partial charge is 0.353 e. The number of likely N-dealkylation sites (N-methyl/N-ethyl adjacent to an activating group) is 1. The SMILES string of the molecule is CN(C)C(=O)CN=C(NC1CC1)N1CCC(N2CC=CC2)C1. The Morgan fingerprint density at radius 3 is 2.64 bits per heavy atom. The van der Waals surface area contributed by atoms with E-state index in [1.165, 1.54) is 19.3 Å². The summed E-state index contributed by atoms with van der Waals surface area (Å²) in [5, 5.41) is 3.51. The van der Waals surface area contributed by atoms with E-state index >= 15 is 0 Å². The zero-order valence-electron chi connectivity index (χ0n) is 13.7. The molecule has 1 unspecified atom stereocenters. The Balaban J connectivity index is 1.59. The van der Waals surface area contributed by atoms with Gasteiger partial charge in [-0.3, -0.25) is 9.69 Å². The van der Waals surface area contributed by atoms with E-state index < -0.39 is 0 Å². The second kappa shape index (κ2) is 6.69. The maximum Gasteiger partial charge on any atom is 0.243 e. The van der Waals surface area contributed by atoms with Gasteiger partial charge < -0.3 is 15.1 Å². The van der Waals surface area contributed by atoms with E-state index in [0.29, 0.717) is 12.1 Å². The highest BCUT2D eigenvalue weighted by Crippen LogP contribution is 2.22. The van der Waals surface area contributed by atoms with Crippen LogP contribution in [0.2, 0.25) is 0 Å². The minimum Gasteiger partial charge on any atom is -0.353 e. The highest BCUT2D eigenvalue weighted by Gasteiger charge is 2.32. The number of carbonyl (C=O) groups excluding carboxylic acids is 1. The van der Waals surface area contributed by atoms with Crippen molar-refractivity contribution in [3.63, 3.8) is 0 Å². The maximum atomic E-state index is 11.8. The van der Waals surface area contributed by atoms with Gasteiger partial charge in [0.2, 0.25) is 5.91 Å². The predicted molar refractivity (Wildman–Crippen MR) is 87.8 cm³/mol. The van der Waals surface area contributed by atoms with Gasteiger partial charge in [0.1, 0.15) is 6.54 Å². The average molecular weight is 305 g/mol. The molecule has 22 heavy (non-hydrogen) atoms. The zero-order chi connectivity index (χ0) is 15.5. The molecular weight excluding hydrogens is 278 g/mol. The molecule has 2 aliphatic heterocycles. The van der Waals surface area contributed by atoms with Crippen LogP contribution in [0.3, 0.4) is 0 Å². The topological polar surface area (TPSA) is 51.2 Å². The lowest BCUT2D eigenvalue weighted by atomic mass is 10.2. The van der Waals surface area contributed by atoms with Crippen molar-refractivity contribution in [3.8, 4) is 0 Å². The van der Waals surface area contributed by atoms with Gasteiger partial charge in [0, 0.05) is 52.4 Å². The number of nitrogens with zero attached hydrogens (tertiary/aromatic N) is 4. The number of nitrogens with one attached hydrogen (secondary N) is 1. The number of amides is 1. The summed E-state index contributed by atoms with van der Waals surface area (Å²) in [7, 11) is 3.55. The van der Waals surface area contributed by atoms with E-state index in [-0.39, 0.29) is 12.5 Å². The molecule has 0 spiro atoms. The van der Waals surface area contributed by atoms with Crippen molar-refractivity contribution in [1.82, 2.24) is 20.0 Å². The molecule has 122 valence electrons. The van der Waals surface area contributed by atoms with E-state index in [1.807, 2.05) is 0 Å². The van der Waals surface area contributed by atoms with E-state index in [4.69, 9.17) is 0 Å². The normalized spacial score (nSPS) is 25.8. The Bertz CT molecular complexity index is 461. The van der Waals surface area contributed by atoms with Crippen molar-refractivity contribution in [3.05, 3.63) is 12.2 Å². The number of guanidine groups is 1. The summed E-state index contributed by atoms with van der Waals surface area (Å²) in [6, 6.07) is 1.16. The molecule has 2 fully saturated rings. The average Bonchev–Trinajstić information content (AvgIpc) is 2.98. The van der Waals surface area contributed by atoms with Gasteiger partial charge in [0.05, 0.1) is 0 Å². The summed E-state index contributed by atoms with van der Waals surface area (Å²) in [6.45, 7) is 4.40. The van der Waals surface area contributed by atoms with Crippen molar-refractivity contribution in [2.75, 3.05) is 46.8 Å². The van der Waals surface area contributed by atoms with E-state index in [9.17, 15) is 4.79 Å². The summed E-state index contributed by atoms with van der Waals surface area (Å²) in [6.07, 6.45) is 8.10. The number of rotatable bonds is 4. The standard InChI is InChI=1S/C16H27N5O/c1-19(2)15(22)11-17-16(18-13-5-6-13)21-10-7-14(12-21)20-8-3-4-9-20/h3-4,13-14H,5-12H2,1-2H3,(H,17,18). The van der Waals surface area contributed by atoms with Gasteiger partial charge in [-0.2, -0.15) is 0 Å². The molecule has 1 N–H and O–H groups in total. The molecule has 0 aromatic carbocycles. The van der Waals surface area contributed by atoms with Gasteiger partial charge in [-0.1, -0.05) is 12.2 Å². The fourth-order valence-corrected chi connectivity index (χ4v) is 2.96. The smallest absolute Gasteiger partial charge is 0.243 e. The third-order valence-corrected chi connectivity index (χ3v) is 4.60. The van der Waals surface area contributed by atoms with Gasteiger partial charge in [0.15, 0.2) is 5.96 Å². The summed E-state index contributed by atoms with van der Waals surface area (Å²) in [5.41, 5.74) is 0. The van der Waals surface area contributed by atoms with E-state index in [1.54, 1.807) is 19.0 Å². The molecule has 1 saturated carbocycles. The van der Waals surface area contributed by atoms with Gasteiger partial charge in [-0.15, -0.1) is 0 Å². The van der Waals surface area contributed by atoms with Gasteiger partial charge in [0.25, 0.3) is 0 Å². The van der Waals surface area contributed by atoms with Crippen LogP contribution in [0.4, 0.5) is 0 Å². The van der Waals surface area contributed by atoms with Crippen LogP contribution >= 0.6 is 0 Å². The molecule has 1 aliphatic carbocycles. The first-order chi connectivity index (χ1) is 10.6. The quantitative estimate of drug-likeness (QED) is 0.456. The number of hydrogen-bond donors (Lipinski definition) is 1. The van der Waals surface area contributed by atoms with Crippen LogP contribution in [-0.2, 0) is 4.79 Å². The highest BCUT2D eigenvalue weighted by atomic mass is 16.2. The fraction of sp³-hybridized carbons (Fsp3) is 0.750. The summed E-state index contributed by atoms with van der Waals surface area (Å²) in [4.78, 5) is 22.8. The van der Waals surface area contributed by atoms with Gasteiger partial charge >= 0.3 is 0 Å². The molecule has 6 heteroatoms. The number of likely N-dealkylation sites (tertiary alicyclic amines) is 1. The minimum atomic E-state index is 0.0505. The second-order valence-corrected chi connectivity index (χ2v) is 6.66. The van der Waals surface area contributed by atoms with E-state index in [0.717, 1.165) is 32.1 Å². The number of hydrogen-bond acceptors (Lipinski definition) is 3. The third-order valence-electron chi connectivity index (χ3n) is 4.60. The van der Waals surface area contributed by atoms with Crippen molar-refractivity contribution in [2.24, 2.45) is 4.99 Å². The fourth-order valence-electron chi connectivity index (χ4n) is 2.96. The number of carbonyl (C=O) groups is 1. The Kier molecular flexibility index (Phi) is 4.66. The van der Waals surface area contributed by atoms with Crippen molar-refractivity contribution < 1.29 is 4.79 Å². The lowest BCUT2D eigenvalue weighted by Crippen LogP contribution is -2.44. The van der Waals surface area contributed by atoms with Crippen LogP contribution in [0.15, 0.2) is 17.1 Å². The second-order valence-electron chi connectivity index (χ2n) is 6.66. The van der Waals surface area contributed by atoms with Crippen molar-refractivity contribution in [2.45, 2.75) is 31.3 Å². The molecule has 0 aromatic rings. The molecule has 0 bridgehead atoms. The first kappa shape index (κ1) is 15.3. The molecular formula is C16H27N5O. The van der Waals surface area contributed by atoms with Crippen molar-refractivity contribution >= 4 is 11.9 Å². The highest BCUT2D eigenvalue weighted by molar-refractivity contribution is 5.85. The number of aliphatic imine (C=N–C) groups is 1. The Morgan fingerprint density at radius 2 is 2.00 bits per heavy atom. The van der Waals surface area contributed by atoms with Crippen LogP contribution < -0.4 is 5.32 Å².